The molecule has 1 aliphatic carbocycles. The minimum absolute atomic E-state index is 0.00485. The predicted molar refractivity (Wildman–Crippen MR) is 63.4 cm³/mol. The summed E-state index contributed by atoms with van der Waals surface area (Å²) >= 11 is 0. The van der Waals surface area contributed by atoms with Crippen molar-refractivity contribution in [2.75, 3.05) is 11.9 Å². The third-order valence-corrected chi connectivity index (χ3v) is 3.21. The Hall–Kier alpha value is -1.13. The molecule has 0 radical (unpaired) electrons. The van der Waals surface area contributed by atoms with Gasteiger partial charge in [-0.25, -0.2) is 8.78 Å². The topological polar surface area (TPSA) is 29.9 Å². The average Bonchev–Trinajstić information content (AvgIpc) is 2.81. The van der Waals surface area contributed by atoms with E-state index in [-0.39, 0.29) is 18.8 Å². The first-order valence-corrected chi connectivity index (χ1v) is 6.13. The molecule has 1 aromatic rings. The Bertz CT molecular complexity index is 374. The van der Waals surface area contributed by atoms with Gasteiger partial charge in [0.2, 0.25) is 5.92 Å². The van der Waals surface area contributed by atoms with Crippen molar-refractivity contribution >= 4 is 5.82 Å². The molecule has 17 heavy (non-hydrogen) atoms. The first-order valence-electron chi connectivity index (χ1n) is 6.13. The number of halogens is 2. The zero-order valence-electron chi connectivity index (χ0n) is 10.3. The lowest BCUT2D eigenvalue weighted by Gasteiger charge is -2.11. The van der Waals surface area contributed by atoms with Crippen LogP contribution in [0.5, 0.6) is 0 Å². The maximum absolute atomic E-state index is 13.0. The second-order valence-corrected chi connectivity index (χ2v) is 5.12. The van der Waals surface area contributed by atoms with Crippen LogP contribution in [-0.4, -0.2) is 22.2 Å². The Labute approximate surface area is 100 Å². The van der Waals surface area contributed by atoms with E-state index >= 15 is 0 Å². The van der Waals surface area contributed by atoms with Gasteiger partial charge in [-0.15, -0.1) is 0 Å². The van der Waals surface area contributed by atoms with E-state index < -0.39 is 5.92 Å². The maximum atomic E-state index is 13.0. The van der Waals surface area contributed by atoms with Gasteiger partial charge in [0, 0.05) is 37.7 Å². The van der Waals surface area contributed by atoms with Crippen LogP contribution in [0.4, 0.5) is 14.6 Å². The van der Waals surface area contributed by atoms with Crippen molar-refractivity contribution < 1.29 is 8.78 Å². The Morgan fingerprint density at radius 3 is 2.88 bits per heavy atom. The van der Waals surface area contributed by atoms with E-state index in [0.29, 0.717) is 19.0 Å². The van der Waals surface area contributed by atoms with E-state index in [1.54, 1.807) is 0 Å². The highest BCUT2D eigenvalue weighted by molar-refractivity contribution is 5.32. The van der Waals surface area contributed by atoms with Crippen LogP contribution in [0.15, 0.2) is 12.3 Å². The van der Waals surface area contributed by atoms with Crippen molar-refractivity contribution in [2.24, 2.45) is 5.92 Å². The molecule has 0 amide bonds. The zero-order valence-corrected chi connectivity index (χ0v) is 10.3. The molecule has 0 spiro atoms. The van der Waals surface area contributed by atoms with E-state index in [1.807, 2.05) is 30.8 Å². The molecule has 1 N–H and O–H groups in total. The Balaban J connectivity index is 1.82. The second-order valence-electron chi connectivity index (χ2n) is 5.12. The highest BCUT2D eigenvalue weighted by Gasteiger charge is 2.39. The minimum Gasteiger partial charge on any atom is -0.368 e. The fourth-order valence-corrected chi connectivity index (χ4v) is 2.18. The lowest BCUT2D eigenvalue weighted by molar-refractivity contribution is 0.00556. The quantitative estimate of drug-likeness (QED) is 0.879. The van der Waals surface area contributed by atoms with E-state index in [2.05, 4.69) is 10.4 Å². The number of hydrogen-bond donors (Lipinski definition) is 1. The van der Waals surface area contributed by atoms with Crippen molar-refractivity contribution in [3.8, 4) is 0 Å². The van der Waals surface area contributed by atoms with Crippen LogP contribution in [0.2, 0.25) is 0 Å². The fraction of sp³-hybridized carbons (Fsp3) is 0.750. The molecule has 0 aliphatic heterocycles. The Morgan fingerprint density at radius 1 is 1.59 bits per heavy atom. The van der Waals surface area contributed by atoms with E-state index in [9.17, 15) is 8.78 Å². The largest absolute Gasteiger partial charge is 0.368 e. The van der Waals surface area contributed by atoms with Gasteiger partial charge in [-0.2, -0.15) is 5.10 Å². The predicted octanol–water partition coefficient (Wildman–Crippen LogP) is 3.31. The van der Waals surface area contributed by atoms with Crippen molar-refractivity contribution in [1.29, 1.82) is 0 Å². The van der Waals surface area contributed by atoms with Crippen molar-refractivity contribution in [3.63, 3.8) is 0 Å². The van der Waals surface area contributed by atoms with Gasteiger partial charge in [0.05, 0.1) is 0 Å². The van der Waals surface area contributed by atoms with Crippen LogP contribution in [0, 0.1) is 5.92 Å². The van der Waals surface area contributed by atoms with Gasteiger partial charge >= 0.3 is 0 Å². The molecule has 96 valence electrons. The van der Waals surface area contributed by atoms with Crippen molar-refractivity contribution in [2.45, 2.75) is 45.1 Å². The molecule has 0 saturated heterocycles. The van der Waals surface area contributed by atoms with Crippen molar-refractivity contribution in [1.82, 2.24) is 9.78 Å². The molecule has 2 rings (SSSR count). The summed E-state index contributed by atoms with van der Waals surface area (Å²) in [6, 6.07) is 2.20. The number of alkyl halides is 2. The highest BCUT2D eigenvalue weighted by Crippen LogP contribution is 2.38. The number of rotatable bonds is 4. The molecule has 1 heterocycles. The van der Waals surface area contributed by atoms with Gasteiger partial charge in [-0.1, -0.05) is 0 Å². The lowest BCUT2D eigenvalue weighted by Crippen LogP contribution is -2.15. The molecule has 3 nitrogen and oxygen atoms in total. The minimum atomic E-state index is -2.45. The Morgan fingerprint density at radius 2 is 2.35 bits per heavy atom. The maximum Gasteiger partial charge on any atom is 0.248 e. The summed E-state index contributed by atoms with van der Waals surface area (Å²) in [7, 11) is 0. The SMILES string of the molecule is CC(C)n1ccc(NCC2CCC(F)(F)C2)n1. The molecule has 1 aromatic heterocycles. The molecule has 0 bridgehead atoms. The van der Waals surface area contributed by atoms with Gasteiger partial charge < -0.3 is 5.32 Å². The average molecular weight is 243 g/mol. The zero-order chi connectivity index (χ0) is 12.5. The van der Waals surface area contributed by atoms with Crippen LogP contribution < -0.4 is 5.32 Å². The number of nitrogens with zero attached hydrogens (tertiary/aromatic N) is 2. The number of aromatic nitrogens is 2. The molecule has 1 saturated carbocycles. The van der Waals surface area contributed by atoms with Crippen LogP contribution in [0.1, 0.15) is 39.2 Å². The standard InChI is InChI=1S/C12H19F2N3/c1-9(2)17-6-4-11(16-17)15-8-10-3-5-12(13,14)7-10/h4,6,9-10H,3,5,7-8H2,1-2H3,(H,15,16). The number of hydrogen-bond acceptors (Lipinski definition) is 2. The van der Waals surface area contributed by atoms with Crippen molar-refractivity contribution in [3.05, 3.63) is 12.3 Å². The van der Waals surface area contributed by atoms with Gasteiger partial charge in [-0.05, 0) is 26.2 Å². The third-order valence-electron chi connectivity index (χ3n) is 3.21. The first-order chi connectivity index (χ1) is 7.96. The van der Waals surface area contributed by atoms with Crippen LogP contribution >= 0.6 is 0 Å². The van der Waals surface area contributed by atoms with Crippen LogP contribution in [0.3, 0.4) is 0 Å². The van der Waals surface area contributed by atoms with Crippen LogP contribution in [0.25, 0.3) is 0 Å². The number of anilines is 1. The smallest absolute Gasteiger partial charge is 0.248 e. The monoisotopic (exact) mass is 243 g/mol. The lowest BCUT2D eigenvalue weighted by atomic mass is 10.1. The summed E-state index contributed by atoms with van der Waals surface area (Å²) in [6.45, 7) is 4.69. The second kappa shape index (κ2) is 4.63. The van der Waals surface area contributed by atoms with E-state index in [1.165, 1.54) is 0 Å². The fourth-order valence-electron chi connectivity index (χ4n) is 2.18. The van der Waals surface area contributed by atoms with Gasteiger partial charge in [0.1, 0.15) is 5.82 Å². The molecule has 1 atom stereocenters. The summed E-state index contributed by atoms with van der Waals surface area (Å²) < 4.78 is 27.8. The van der Waals surface area contributed by atoms with E-state index in [0.717, 1.165) is 5.82 Å². The summed E-state index contributed by atoms with van der Waals surface area (Å²) in [5, 5.41) is 7.46. The number of nitrogens with one attached hydrogen (secondary N) is 1. The van der Waals surface area contributed by atoms with E-state index in [4.69, 9.17) is 0 Å². The molecule has 1 unspecified atom stereocenters. The van der Waals surface area contributed by atoms with Gasteiger partial charge in [0.25, 0.3) is 0 Å². The first kappa shape index (κ1) is 12.3. The molecular weight excluding hydrogens is 224 g/mol. The van der Waals surface area contributed by atoms with Crippen LogP contribution in [-0.2, 0) is 0 Å². The summed E-state index contributed by atoms with van der Waals surface area (Å²) in [4.78, 5) is 0. The summed E-state index contributed by atoms with van der Waals surface area (Å²) in [5.41, 5.74) is 0. The normalized spacial score (nSPS) is 23.2. The summed E-state index contributed by atoms with van der Waals surface area (Å²) in [6.07, 6.45) is 2.53. The third kappa shape index (κ3) is 3.17. The van der Waals surface area contributed by atoms with Gasteiger partial charge in [0.15, 0.2) is 0 Å². The molecule has 5 heteroatoms. The Kier molecular flexibility index (Phi) is 3.35. The van der Waals surface area contributed by atoms with Gasteiger partial charge in [-0.3, -0.25) is 4.68 Å². The molecule has 0 aromatic carbocycles. The molecule has 1 aliphatic rings. The molecular formula is C12H19F2N3. The summed E-state index contributed by atoms with van der Waals surface area (Å²) in [5.74, 6) is -1.62. The highest BCUT2D eigenvalue weighted by atomic mass is 19.3. The molecule has 1 fully saturated rings.